The van der Waals surface area contributed by atoms with Crippen LogP contribution in [-0.4, -0.2) is 16.6 Å². The zero-order chi connectivity index (χ0) is 19.5. The number of halogens is 1. The van der Waals surface area contributed by atoms with E-state index in [9.17, 15) is 4.79 Å². The molecule has 0 aliphatic carbocycles. The molecule has 0 fully saturated rings. The van der Waals surface area contributed by atoms with Crippen molar-refractivity contribution in [2.45, 2.75) is 5.75 Å². The lowest BCUT2D eigenvalue weighted by atomic mass is 10.0. The minimum Gasteiger partial charge on any atom is -0.496 e. The van der Waals surface area contributed by atoms with E-state index in [4.69, 9.17) is 16.3 Å². The molecule has 0 aromatic heterocycles. The van der Waals surface area contributed by atoms with Crippen molar-refractivity contribution >= 4 is 61.5 Å². The molecule has 0 saturated heterocycles. The first-order chi connectivity index (χ1) is 13.6. The van der Waals surface area contributed by atoms with Gasteiger partial charge in [0, 0.05) is 16.2 Å². The van der Waals surface area contributed by atoms with Crippen LogP contribution in [0.15, 0.2) is 71.4 Å². The van der Waals surface area contributed by atoms with Gasteiger partial charge in [-0.15, -0.1) is 0 Å². The Morgan fingerprint density at radius 3 is 2.57 bits per heavy atom. The number of ether oxygens (including phenoxy) is 1. The fourth-order valence-corrected chi connectivity index (χ4v) is 4.85. The molecule has 0 spiro atoms. The lowest BCUT2D eigenvalue weighted by molar-refractivity contribution is -0.107. The van der Waals surface area contributed by atoms with Gasteiger partial charge in [-0.25, -0.2) is 4.99 Å². The van der Waals surface area contributed by atoms with Gasteiger partial charge < -0.3 is 4.74 Å². The molecular formula is C22H16ClNO2S2. The maximum atomic E-state index is 12.4. The van der Waals surface area contributed by atoms with Crippen LogP contribution in [0.3, 0.4) is 0 Å². The SMILES string of the molecule is COc1ccc(C=C2N=C(SCc3ccc(Cl)cc3)SC2=O)c2ccccc12. The maximum absolute atomic E-state index is 12.4. The Morgan fingerprint density at radius 2 is 1.82 bits per heavy atom. The number of hydrogen-bond acceptors (Lipinski definition) is 5. The highest BCUT2D eigenvalue weighted by Gasteiger charge is 2.22. The molecule has 6 heteroatoms. The average Bonchev–Trinajstić information content (AvgIpc) is 3.07. The van der Waals surface area contributed by atoms with Crippen molar-refractivity contribution in [2.24, 2.45) is 4.99 Å². The lowest BCUT2D eigenvalue weighted by Crippen LogP contribution is -1.90. The summed E-state index contributed by atoms with van der Waals surface area (Å²) < 4.78 is 6.21. The molecular weight excluding hydrogens is 410 g/mol. The molecule has 1 aliphatic rings. The summed E-state index contributed by atoms with van der Waals surface area (Å²) in [6.45, 7) is 0. The van der Waals surface area contributed by atoms with E-state index >= 15 is 0 Å². The number of fused-ring (bicyclic) bond motifs is 1. The fraction of sp³-hybridized carbons (Fsp3) is 0.0909. The molecule has 0 unspecified atom stereocenters. The van der Waals surface area contributed by atoms with Gasteiger partial charge in [-0.3, -0.25) is 4.79 Å². The molecule has 3 aromatic carbocycles. The smallest absolute Gasteiger partial charge is 0.244 e. The summed E-state index contributed by atoms with van der Waals surface area (Å²) in [7, 11) is 1.66. The molecule has 0 amide bonds. The summed E-state index contributed by atoms with van der Waals surface area (Å²) >= 11 is 8.66. The average molecular weight is 426 g/mol. The predicted molar refractivity (Wildman–Crippen MR) is 121 cm³/mol. The first kappa shape index (κ1) is 19.1. The van der Waals surface area contributed by atoms with Gasteiger partial charge in [0.1, 0.15) is 15.8 Å². The number of rotatable bonds is 4. The molecule has 140 valence electrons. The monoisotopic (exact) mass is 425 g/mol. The third kappa shape index (κ3) is 4.12. The van der Waals surface area contributed by atoms with E-state index in [2.05, 4.69) is 4.99 Å². The third-order valence-corrected chi connectivity index (χ3v) is 6.64. The maximum Gasteiger partial charge on any atom is 0.244 e. The molecule has 0 N–H and O–H groups in total. The van der Waals surface area contributed by atoms with E-state index in [1.807, 2.05) is 66.7 Å². The highest BCUT2D eigenvalue weighted by Crippen LogP contribution is 2.35. The normalized spacial score (nSPS) is 15.3. The molecule has 0 saturated carbocycles. The third-order valence-electron chi connectivity index (χ3n) is 4.31. The molecule has 4 rings (SSSR count). The van der Waals surface area contributed by atoms with E-state index in [0.29, 0.717) is 10.7 Å². The van der Waals surface area contributed by atoms with E-state index < -0.39 is 0 Å². The summed E-state index contributed by atoms with van der Waals surface area (Å²) in [6.07, 6.45) is 1.85. The van der Waals surface area contributed by atoms with Crippen molar-refractivity contribution in [1.29, 1.82) is 0 Å². The van der Waals surface area contributed by atoms with E-state index in [0.717, 1.165) is 37.8 Å². The summed E-state index contributed by atoms with van der Waals surface area (Å²) in [4.78, 5) is 17.0. The van der Waals surface area contributed by atoms with Gasteiger partial charge in [-0.1, -0.05) is 65.8 Å². The standard InChI is InChI=1S/C22H16ClNO2S2/c1-26-20-11-8-15(17-4-2-3-5-18(17)20)12-19-21(25)28-22(24-19)27-13-14-6-9-16(23)10-7-14/h2-12H,13H2,1H3. The summed E-state index contributed by atoms with van der Waals surface area (Å²) in [5, 5.41) is 2.73. The Hall–Kier alpha value is -2.21. The van der Waals surface area contributed by atoms with Crippen LogP contribution in [0.4, 0.5) is 0 Å². The second-order valence-electron chi connectivity index (χ2n) is 6.11. The van der Waals surface area contributed by atoms with Gasteiger partial charge in [0.15, 0.2) is 0 Å². The topological polar surface area (TPSA) is 38.7 Å². The van der Waals surface area contributed by atoms with Crippen molar-refractivity contribution < 1.29 is 9.53 Å². The molecule has 3 aromatic rings. The Morgan fingerprint density at radius 1 is 1.07 bits per heavy atom. The molecule has 0 radical (unpaired) electrons. The van der Waals surface area contributed by atoms with Crippen LogP contribution in [0, 0.1) is 0 Å². The Labute approximate surface area is 176 Å². The number of aliphatic imine (C=N–C) groups is 1. The predicted octanol–water partition coefficient (Wildman–Crippen LogP) is 6.41. The number of carbonyl (C=O) groups excluding carboxylic acids is 1. The molecule has 28 heavy (non-hydrogen) atoms. The minimum absolute atomic E-state index is 0.0292. The molecule has 3 nitrogen and oxygen atoms in total. The van der Waals surface area contributed by atoms with Crippen LogP contribution in [0.1, 0.15) is 11.1 Å². The van der Waals surface area contributed by atoms with Gasteiger partial charge >= 0.3 is 0 Å². The lowest BCUT2D eigenvalue weighted by Gasteiger charge is -2.08. The number of benzene rings is 3. The Bertz CT molecular complexity index is 1110. The molecule has 0 atom stereocenters. The second-order valence-corrected chi connectivity index (χ2v) is 8.74. The zero-order valence-corrected chi connectivity index (χ0v) is 17.4. The van der Waals surface area contributed by atoms with Crippen molar-refractivity contribution in [2.75, 3.05) is 7.11 Å². The van der Waals surface area contributed by atoms with Gasteiger partial charge in [-0.2, -0.15) is 0 Å². The number of methoxy groups -OCH3 is 1. The van der Waals surface area contributed by atoms with Crippen LogP contribution in [0.2, 0.25) is 5.02 Å². The van der Waals surface area contributed by atoms with Crippen LogP contribution < -0.4 is 4.74 Å². The first-order valence-corrected chi connectivity index (χ1v) is 10.8. The van der Waals surface area contributed by atoms with E-state index in [1.54, 1.807) is 18.9 Å². The van der Waals surface area contributed by atoms with E-state index in [1.165, 1.54) is 11.8 Å². The van der Waals surface area contributed by atoms with Crippen molar-refractivity contribution in [3.8, 4) is 5.75 Å². The van der Waals surface area contributed by atoms with Crippen LogP contribution in [0.25, 0.3) is 16.8 Å². The van der Waals surface area contributed by atoms with Crippen molar-refractivity contribution in [3.63, 3.8) is 0 Å². The zero-order valence-electron chi connectivity index (χ0n) is 15.0. The fourth-order valence-electron chi connectivity index (χ4n) is 2.92. The second kappa shape index (κ2) is 8.43. The van der Waals surface area contributed by atoms with Gasteiger partial charge in [0.25, 0.3) is 0 Å². The number of nitrogens with zero attached hydrogens (tertiary/aromatic N) is 1. The van der Waals surface area contributed by atoms with Gasteiger partial charge in [0.2, 0.25) is 5.12 Å². The number of carbonyl (C=O) groups is 1. The van der Waals surface area contributed by atoms with Gasteiger partial charge in [-0.05, 0) is 52.6 Å². The Kier molecular flexibility index (Phi) is 5.76. The molecule has 1 aliphatic heterocycles. The molecule has 1 heterocycles. The largest absolute Gasteiger partial charge is 0.496 e. The minimum atomic E-state index is -0.0292. The highest BCUT2D eigenvalue weighted by molar-refractivity contribution is 8.45. The summed E-state index contributed by atoms with van der Waals surface area (Å²) in [5.74, 6) is 1.56. The van der Waals surface area contributed by atoms with E-state index in [-0.39, 0.29) is 5.12 Å². The van der Waals surface area contributed by atoms with Crippen LogP contribution in [0.5, 0.6) is 5.75 Å². The van der Waals surface area contributed by atoms with Gasteiger partial charge in [0.05, 0.1) is 7.11 Å². The summed E-state index contributed by atoms with van der Waals surface area (Å²) in [5.41, 5.74) is 2.57. The quantitative estimate of drug-likeness (QED) is 0.453. The number of hydrogen-bond donors (Lipinski definition) is 0. The molecule has 0 bridgehead atoms. The summed E-state index contributed by atoms with van der Waals surface area (Å²) in [6, 6.07) is 19.6. The highest BCUT2D eigenvalue weighted by atomic mass is 35.5. The van der Waals surface area contributed by atoms with Crippen molar-refractivity contribution in [1.82, 2.24) is 0 Å². The Balaban J connectivity index is 1.59. The van der Waals surface area contributed by atoms with Crippen LogP contribution >= 0.6 is 35.1 Å². The number of thioether (sulfide) groups is 2. The van der Waals surface area contributed by atoms with Crippen LogP contribution in [-0.2, 0) is 10.5 Å². The van der Waals surface area contributed by atoms with Crippen molar-refractivity contribution in [3.05, 3.63) is 82.5 Å². The first-order valence-electron chi connectivity index (χ1n) is 8.59.